The quantitative estimate of drug-likeness (QED) is 0.832. The van der Waals surface area contributed by atoms with Crippen LogP contribution >= 0.6 is 11.6 Å². The van der Waals surface area contributed by atoms with E-state index in [-0.39, 0.29) is 11.7 Å². The van der Waals surface area contributed by atoms with Crippen LogP contribution in [0.15, 0.2) is 36.7 Å². The number of pyridine rings is 2. The number of carbonyl (C=O) groups is 1. The van der Waals surface area contributed by atoms with Crippen molar-refractivity contribution in [2.24, 2.45) is 0 Å². The second-order valence-corrected chi connectivity index (χ2v) is 6.56. The molecule has 2 amide bonds. The summed E-state index contributed by atoms with van der Waals surface area (Å²) in [5, 5.41) is 3.12. The number of hydrogen-bond acceptors (Lipinski definition) is 4. The molecular formula is C17H17ClF3N5O. The highest BCUT2D eigenvalue weighted by molar-refractivity contribution is 6.32. The molecule has 3 rings (SSSR count). The third-order valence-corrected chi connectivity index (χ3v) is 4.53. The standard InChI is InChI=1S/C17H17ClF3N5O/c1-11-10-25(15-13(18)3-2-6-22-15)7-8-26(11)16(27)24-12-4-5-14(23-9-12)17(19,20)21/h2-6,9,11H,7-8,10H2,1H3,(H,24,27)/t11-/m1/s1. The average Bonchev–Trinajstić information content (AvgIpc) is 2.61. The summed E-state index contributed by atoms with van der Waals surface area (Å²) < 4.78 is 37.7. The van der Waals surface area contributed by atoms with Crippen molar-refractivity contribution >= 4 is 29.1 Å². The third-order valence-electron chi connectivity index (χ3n) is 4.23. The van der Waals surface area contributed by atoms with Crippen molar-refractivity contribution in [1.29, 1.82) is 0 Å². The highest BCUT2D eigenvalue weighted by Crippen LogP contribution is 2.28. The number of alkyl halides is 3. The van der Waals surface area contributed by atoms with Crippen LogP contribution in [0.25, 0.3) is 0 Å². The van der Waals surface area contributed by atoms with Gasteiger partial charge >= 0.3 is 12.2 Å². The first-order valence-electron chi connectivity index (χ1n) is 8.22. The Morgan fingerprint density at radius 1 is 1.26 bits per heavy atom. The van der Waals surface area contributed by atoms with Crippen molar-refractivity contribution in [1.82, 2.24) is 14.9 Å². The summed E-state index contributed by atoms with van der Waals surface area (Å²) in [6, 6.07) is 4.99. The van der Waals surface area contributed by atoms with Gasteiger partial charge in [-0.05, 0) is 31.2 Å². The van der Waals surface area contributed by atoms with Gasteiger partial charge in [-0.3, -0.25) is 0 Å². The first-order valence-corrected chi connectivity index (χ1v) is 8.60. The van der Waals surface area contributed by atoms with E-state index < -0.39 is 17.9 Å². The Balaban J connectivity index is 1.62. The molecule has 1 aliphatic rings. The minimum absolute atomic E-state index is 0.140. The van der Waals surface area contributed by atoms with Crippen LogP contribution in [0.4, 0.5) is 29.5 Å². The molecule has 0 bridgehead atoms. The van der Waals surface area contributed by atoms with Gasteiger partial charge in [-0.25, -0.2) is 14.8 Å². The Morgan fingerprint density at radius 2 is 2.04 bits per heavy atom. The zero-order valence-electron chi connectivity index (χ0n) is 14.4. The average molecular weight is 400 g/mol. The molecule has 1 saturated heterocycles. The van der Waals surface area contributed by atoms with Crippen LogP contribution < -0.4 is 10.2 Å². The van der Waals surface area contributed by atoms with Gasteiger partial charge in [0.05, 0.1) is 16.9 Å². The number of piperazine rings is 1. The Morgan fingerprint density at radius 3 is 2.63 bits per heavy atom. The molecule has 1 aliphatic heterocycles. The molecule has 2 aromatic rings. The van der Waals surface area contributed by atoms with E-state index in [0.29, 0.717) is 30.5 Å². The van der Waals surface area contributed by atoms with E-state index in [1.165, 1.54) is 6.07 Å². The number of amides is 2. The molecule has 0 aromatic carbocycles. The minimum Gasteiger partial charge on any atom is -0.352 e. The van der Waals surface area contributed by atoms with Crippen LogP contribution in [0.3, 0.4) is 0 Å². The lowest BCUT2D eigenvalue weighted by Gasteiger charge is -2.40. The van der Waals surface area contributed by atoms with E-state index in [4.69, 9.17) is 11.6 Å². The molecule has 1 fully saturated rings. The maximum absolute atomic E-state index is 12.6. The fourth-order valence-corrected chi connectivity index (χ4v) is 3.13. The lowest BCUT2D eigenvalue weighted by atomic mass is 10.2. The number of anilines is 2. The number of rotatable bonds is 2. The van der Waals surface area contributed by atoms with E-state index in [0.717, 1.165) is 12.3 Å². The van der Waals surface area contributed by atoms with Crippen LogP contribution in [-0.4, -0.2) is 46.6 Å². The number of urea groups is 1. The topological polar surface area (TPSA) is 61.4 Å². The lowest BCUT2D eigenvalue weighted by molar-refractivity contribution is -0.141. The molecule has 1 N–H and O–H groups in total. The molecule has 0 unspecified atom stereocenters. The van der Waals surface area contributed by atoms with Gasteiger partial charge in [0.2, 0.25) is 0 Å². The number of aromatic nitrogens is 2. The van der Waals surface area contributed by atoms with E-state index in [9.17, 15) is 18.0 Å². The van der Waals surface area contributed by atoms with Gasteiger partial charge in [-0.1, -0.05) is 11.6 Å². The number of nitrogens with zero attached hydrogens (tertiary/aromatic N) is 4. The summed E-state index contributed by atoms with van der Waals surface area (Å²) in [5.41, 5.74) is -0.801. The van der Waals surface area contributed by atoms with E-state index in [2.05, 4.69) is 15.3 Å². The van der Waals surface area contributed by atoms with Crippen molar-refractivity contribution in [3.05, 3.63) is 47.4 Å². The molecule has 0 aliphatic carbocycles. The van der Waals surface area contributed by atoms with Gasteiger partial charge in [0, 0.05) is 31.9 Å². The van der Waals surface area contributed by atoms with Crippen LogP contribution in [0.2, 0.25) is 5.02 Å². The van der Waals surface area contributed by atoms with E-state index in [1.54, 1.807) is 23.2 Å². The van der Waals surface area contributed by atoms with Gasteiger partial charge in [-0.15, -0.1) is 0 Å². The molecule has 2 aromatic heterocycles. The molecule has 0 saturated carbocycles. The molecule has 144 valence electrons. The predicted molar refractivity (Wildman–Crippen MR) is 95.9 cm³/mol. The maximum Gasteiger partial charge on any atom is 0.433 e. The van der Waals surface area contributed by atoms with Gasteiger partial charge in [-0.2, -0.15) is 13.2 Å². The Labute approximate surface area is 159 Å². The highest BCUT2D eigenvalue weighted by Gasteiger charge is 2.32. The Kier molecular flexibility index (Phi) is 5.41. The van der Waals surface area contributed by atoms with Crippen LogP contribution in [-0.2, 0) is 6.18 Å². The predicted octanol–water partition coefficient (Wildman–Crippen LogP) is 3.89. The van der Waals surface area contributed by atoms with Crippen molar-refractivity contribution < 1.29 is 18.0 Å². The summed E-state index contributed by atoms with van der Waals surface area (Å²) in [6.45, 7) is 3.39. The number of carbonyl (C=O) groups excluding carboxylic acids is 1. The summed E-state index contributed by atoms with van der Waals surface area (Å²) in [5.74, 6) is 0.665. The number of nitrogens with one attached hydrogen (secondary N) is 1. The molecule has 27 heavy (non-hydrogen) atoms. The second kappa shape index (κ2) is 7.59. The van der Waals surface area contributed by atoms with Crippen molar-refractivity contribution in [3.8, 4) is 0 Å². The summed E-state index contributed by atoms with van der Waals surface area (Å²) in [7, 11) is 0. The zero-order chi connectivity index (χ0) is 19.6. The van der Waals surface area contributed by atoms with Crippen LogP contribution in [0.5, 0.6) is 0 Å². The first kappa shape index (κ1) is 19.2. The molecule has 0 spiro atoms. The molecule has 3 heterocycles. The maximum atomic E-state index is 12.6. The summed E-state index contributed by atoms with van der Waals surface area (Å²) in [6.07, 6.45) is -1.86. The van der Waals surface area contributed by atoms with E-state index >= 15 is 0 Å². The SMILES string of the molecule is C[C@@H]1CN(c2ncccc2Cl)CCN1C(=O)Nc1ccc(C(F)(F)F)nc1. The molecule has 6 nitrogen and oxygen atoms in total. The smallest absolute Gasteiger partial charge is 0.352 e. The highest BCUT2D eigenvalue weighted by atomic mass is 35.5. The third kappa shape index (κ3) is 4.41. The monoisotopic (exact) mass is 399 g/mol. The molecular weight excluding hydrogens is 383 g/mol. The van der Waals surface area contributed by atoms with Crippen molar-refractivity contribution in [2.45, 2.75) is 19.1 Å². The summed E-state index contributed by atoms with van der Waals surface area (Å²) in [4.78, 5) is 23.7. The lowest BCUT2D eigenvalue weighted by Crippen LogP contribution is -2.55. The van der Waals surface area contributed by atoms with Crippen molar-refractivity contribution in [2.75, 3.05) is 29.9 Å². The van der Waals surface area contributed by atoms with Gasteiger partial charge < -0.3 is 15.1 Å². The Bertz CT molecular complexity index is 815. The second-order valence-electron chi connectivity index (χ2n) is 6.16. The zero-order valence-corrected chi connectivity index (χ0v) is 15.1. The van der Waals surface area contributed by atoms with Gasteiger partial charge in [0.25, 0.3) is 0 Å². The van der Waals surface area contributed by atoms with Gasteiger partial charge in [0.15, 0.2) is 0 Å². The minimum atomic E-state index is -4.51. The van der Waals surface area contributed by atoms with Crippen LogP contribution in [0.1, 0.15) is 12.6 Å². The fourth-order valence-electron chi connectivity index (χ4n) is 2.89. The first-order chi connectivity index (χ1) is 12.8. The number of hydrogen-bond donors (Lipinski definition) is 1. The Hall–Kier alpha value is -2.55. The van der Waals surface area contributed by atoms with E-state index in [1.807, 2.05) is 11.8 Å². The van der Waals surface area contributed by atoms with Crippen molar-refractivity contribution in [3.63, 3.8) is 0 Å². The number of halogens is 4. The molecule has 0 radical (unpaired) electrons. The fraction of sp³-hybridized carbons (Fsp3) is 0.353. The summed E-state index contributed by atoms with van der Waals surface area (Å²) >= 11 is 6.17. The van der Waals surface area contributed by atoms with Gasteiger partial charge in [0.1, 0.15) is 11.5 Å². The normalized spacial score (nSPS) is 17.7. The molecule has 1 atom stereocenters. The largest absolute Gasteiger partial charge is 0.433 e. The molecule has 10 heteroatoms. The van der Waals surface area contributed by atoms with Crippen LogP contribution in [0, 0.1) is 0 Å².